The van der Waals surface area contributed by atoms with Crippen LogP contribution in [0.2, 0.25) is 0 Å². The Morgan fingerprint density at radius 1 is 1.33 bits per heavy atom. The van der Waals surface area contributed by atoms with Crippen LogP contribution < -0.4 is 0 Å². The molecule has 0 aliphatic rings. The summed E-state index contributed by atoms with van der Waals surface area (Å²) in [5.41, 5.74) is 0. The Kier molecular flexibility index (Phi) is 24.8. The van der Waals surface area contributed by atoms with Crippen LogP contribution in [0.15, 0.2) is 0 Å². The van der Waals surface area contributed by atoms with Gasteiger partial charge in [0, 0.05) is 0 Å². The van der Waals surface area contributed by atoms with Crippen molar-refractivity contribution >= 4 is 48.7 Å². The summed E-state index contributed by atoms with van der Waals surface area (Å²) < 4.78 is 24.2. The number of hydrogen-bond donors (Lipinski definition) is 2. The third-order valence-corrected chi connectivity index (χ3v) is 0. The van der Waals surface area contributed by atoms with Gasteiger partial charge in [-0.05, 0) is 0 Å². The molecule has 0 aliphatic heterocycles. The van der Waals surface area contributed by atoms with Crippen LogP contribution in [-0.4, -0.2) is 56.2 Å². The van der Waals surface area contributed by atoms with Gasteiger partial charge in [0.2, 0.25) is 0 Å². The molecule has 0 spiro atoms. The summed E-state index contributed by atoms with van der Waals surface area (Å²) in [5, 5.41) is 0. The van der Waals surface area contributed by atoms with Gasteiger partial charge >= 0.3 is 37.7 Å². The normalized spacial score (nSPS) is 5.67. The molecule has 0 fully saturated rings. The molecule has 4 nitrogen and oxygen atoms in total. The maximum absolute atomic E-state index is 8.59. The SMILES string of the molecule is O.O=[SH](=O)O.[CaH2]. The first kappa shape index (κ1) is 15.7. The Morgan fingerprint density at radius 3 is 1.33 bits per heavy atom. The second kappa shape index (κ2) is 9.46. The Balaban J connectivity index is -0.0000000450. The van der Waals surface area contributed by atoms with Crippen molar-refractivity contribution in [3.8, 4) is 0 Å². The van der Waals surface area contributed by atoms with Crippen molar-refractivity contribution in [3.63, 3.8) is 0 Å². The van der Waals surface area contributed by atoms with Crippen molar-refractivity contribution in [2.45, 2.75) is 0 Å². The fourth-order valence-corrected chi connectivity index (χ4v) is 0. The van der Waals surface area contributed by atoms with Gasteiger partial charge in [0.25, 0.3) is 11.0 Å². The standard InChI is InChI=1S/Ca.H2O3S.H2O.2H/c;1-4(2)3;;;/h;4H,(H,1,2,3);1H2;;. The summed E-state index contributed by atoms with van der Waals surface area (Å²) in [6, 6.07) is 0. The second-order valence-corrected chi connectivity index (χ2v) is 0.714. The summed E-state index contributed by atoms with van der Waals surface area (Å²) >= 11 is 0. The fraction of sp³-hybridized carbons (Fsp3) is 0. The molecule has 0 atom stereocenters. The Morgan fingerprint density at radius 2 is 1.33 bits per heavy atom. The van der Waals surface area contributed by atoms with Crippen molar-refractivity contribution in [1.82, 2.24) is 0 Å². The minimum absolute atomic E-state index is 0. The molecule has 0 aromatic carbocycles. The van der Waals surface area contributed by atoms with Gasteiger partial charge in [-0.1, -0.05) is 0 Å². The van der Waals surface area contributed by atoms with E-state index in [9.17, 15) is 0 Å². The van der Waals surface area contributed by atoms with Gasteiger partial charge in [0.15, 0.2) is 0 Å². The van der Waals surface area contributed by atoms with E-state index in [1.54, 1.807) is 0 Å². The summed E-state index contributed by atoms with van der Waals surface area (Å²) in [6.45, 7) is 0. The van der Waals surface area contributed by atoms with Gasteiger partial charge in [0.1, 0.15) is 0 Å². The van der Waals surface area contributed by atoms with Crippen LogP contribution in [-0.2, 0) is 11.0 Å². The molecule has 0 rings (SSSR count). The van der Waals surface area contributed by atoms with Crippen LogP contribution in [0.4, 0.5) is 0 Å². The Hall–Kier alpha value is 1.13. The topological polar surface area (TPSA) is 85.9 Å². The Labute approximate surface area is 66.6 Å². The number of thiol groups is 1. The summed E-state index contributed by atoms with van der Waals surface area (Å²) in [6.07, 6.45) is 0. The molecule has 6 heavy (non-hydrogen) atoms. The van der Waals surface area contributed by atoms with Crippen LogP contribution >= 0.6 is 0 Å². The third-order valence-electron chi connectivity index (χ3n) is 0. The minimum atomic E-state index is -3.12. The van der Waals surface area contributed by atoms with Crippen LogP contribution in [0.5, 0.6) is 0 Å². The second-order valence-electron chi connectivity index (χ2n) is 0.238. The zero-order valence-corrected chi connectivity index (χ0v) is 3.11. The Bertz CT molecular complexity index is 55.9. The molecule has 38 valence electrons. The van der Waals surface area contributed by atoms with E-state index in [1.165, 1.54) is 0 Å². The van der Waals surface area contributed by atoms with Crippen LogP contribution in [0, 0.1) is 0 Å². The van der Waals surface area contributed by atoms with Gasteiger partial charge in [-0.15, -0.1) is 0 Å². The fourth-order valence-electron chi connectivity index (χ4n) is 0. The van der Waals surface area contributed by atoms with Crippen molar-refractivity contribution < 1.29 is 18.4 Å². The van der Waals surface area contributed by atoms with Gasteiger partial charge in [-0.2, -0.15) is 0 Å². The molecule has 0 radical (unpaired) electrons. The predicted molar refractivity (Wildman–Crippen MR) is 25.1 cm³/mol. The molecule has 0 aliphatic carbocycles. The number of hydrogen-bond acceptors (Lipinski definition) is 2. The first-order chi connectivity index (χ1) is 1.73. The maximum atomic E-state index is 8.59. The zero-order valence-electron chi connectivity index (χ0n) is 2.21. The average molecular weight is 142 g/mol. The van der Waals surface area contributed by atoms with Crippen LogP contribution in [0.1, 0.15) is 0 Å². The van der Waals surface area contributed by atoms with Gasteiger partial charge in [0.05, 0.1) is 0 Å². The summed E-state index contributed by atoms with van der Waals surface area (Å²) in [7, 11) is -3.12. The van der Waals surface area contributed by atoms with E-state index in [2.05, 4.69) is 0 Å². The third kappa shape index (κ3) is 68.5. The molecule has 0 aromatic heterocycles. The molecule has 0 saturated heterocycles. The molecular formula is H6CaO4S. The van der Waals surface area contributed by atoms with E-state index in [1.807, 2.05) is 0 Å². The van der Waals surface area contributed by atoms with Crippen molar-refractivity contribution in [2.24, 2.45) is 0 Å². The van der Waals surface area contributed by atoms with E-state index < -0.39 is 11.0 Å². The quantitative estimate of drug-likeness (QED) is 0.220. The van der Waals surface area contributed by atoms with Crippen molar-refractivity contribution in [3.05, 3.63) is 0 Å². The molecule has 0 unspecified atom stereocenters. The van der Waals surface area contributed by atoms with Crippen LogP contribution in [0.3, 0.4) is 0 Å². The first-order valence-corrected chi connectivity index (χ1v) is 1.70. The van der Waals surface area contributed by atoms with E-state index in [0.29, 0.717) is 0 Å². The van der Waals surface area contributed by atoms with E-state index >= 15 is 0 Å². The number of rotatable bonds is 0. The van der Waals surface area contributed by atoms with Gasteiger partial charge < -0.3 is 5.48 Å². The molecule has 0 bridgehead atoms. The summed E-state index contributed by atoms with van der Waals surface area (Å²) in [4.78, 5) is 0. The molecule has 6 heteroatoms. The zero-order chi connectivity index (χ0) is 3.58. The van der Waals surface area contributed by atoms with E-state index in [4.69, 9.17) is 13.0 Å². The van der Waals surface area contributed by atoms with E-state index in [0.717, 1.165) is 0 Å². The molecule has 0 aromatic rings. The van der Waals surface area contributed by atoms with Crippen LogP contribution in [0.25, 0.3) is 0 Å². The van der Waals surface area contributed by atoms with Gasteiger partial charge in [-0.25, -0.2) is 8.42 Å². The molecule has 0 heterocycles. The van der Waals surface area contributed by atoms with E-state index in [-0.39, 0.29) is 43.2 Å². The predicted octanol–water partition coefficient (Wildman–Crippen LogP) is -2.67. The van der Waals surface area contributed by atoms with Crippen molar-refractivity contribution in [2.75, 3.05) is 0 Å². The van der Waals surface area contributed by atoms with Gasteiger partial charge in [-0.3, -0.25) is 4.55 Å². The monoisotopic (exact) mass is 142 g/mol. The molecule has 0 saturated carbocycles. The molecular weight excluding hydrogens is 136 g/mol. The first-order valence-electron chi connectivity index (χ1n) is 0.565. The molecule has 3 N–H and O–H groups in total. The molecule has 0 amide bonds. The van der Waals surface area contributed by atoms with Crippen molar-refractivity contribution in [1.29, 1.82) is 0 Å². The summed E-state index contributed by atoms with van der Waals surface area (Å²) in [5.74, 6) is 0. The average Bonchev–Trinajstić information content (AvgIpc) is 0.811.